The molecular formula is C22H30N2O4. The van der Waals surface area contributed by atoms with E-state index in [1.807, 2.05) is 32.9 Å². The van der Waals surface area contributed by atoms with Gasteiger partial charge in [-0.25, -0.2) is 0 Å². The lowest BCUT2D eigenvalue weighted by molar-refractivity contribution is 0.0916. The molecule has 6 heteroatoms. The first-order valence-electron chi connectivity index (χ1n) is 9.84. The molecule has 0 atom stereocenters. The number of nitrogens with one attached hydrogen (secondary N) is 1. The number of carbonyl (C=O) groups excluding carboxylic acids is 1. The minimum Gasteiger partial charge on any atom is -0.493 e. The minimum atomic E-state index is -0.429. The van der Waals surface area contributed by atoms with Crippen molar-refractivity contribution >= 4 is 16.8 Å². The summed E-state index contributed by atoms with van der Waals surface area (Å²) in [7, 11) is 1.59. The number of aromatic nitrogens is 1. The Morgan fingerprint density at radius 2 is 1.96 bits per heavy atom. The van der Waals surface area contributed by atoms with Crippen molar-refractivity contribution in [3.63, 3.8) is 0 Å². The van der Waals surface area contributed by atoms with Crippen LogP contribution in [-0.4, -0.2) is 29.7 Å². The number of ether oxygens (including phenoxy) is 2. The third kappa shape index (κ3) is 3.48. The number of methoxy groups -OCH3 is 1. The van der Waals surface area contributed by atoms with Gasteiger partial charge < -0.3 is 19.4 Å². The summed E-state index contributed by atoms with van der Waals surface area (Å²) in [4.78, 5) is 26.2. The van der Waals surface area contributed by atoms with Crippen LogP contribution in [0.3, 0.4) is 0 Å². The third-order valence-electron chi connectivity index (χ3n) is 5.64. The van der Waals surface area contributed by atoms with E-state index in [1.165, 1.54) is 0 Å². The summed E-state index contributed by atoms with van der Waals surface area (Å²) in [6.45, 7) is 10.9. The molecule has 1 aliphatic heterocycles. The highest BCUT2D eigenvalue weighted by molar-refractivity contribution is 5.99. The number of benzene rings is 1. The van der Waals surface area contributed by atoms with Crippen molar-refractivity contribution in [3.8, 4) is 11.5 Å². The van der Waals surface area contributed by atoms with Crippen LogP contribution >= 0.6 is 0 Å². The van der Waals surface area contributed by atoms with E-state index in [1.54, 1.807) is 17.7 Å². The molecule has 152 valence electrons. The molecule has 0 bridgehead atoms. The van der Waals surface area contributed by atoms with Gasteiger partial charge in [-0.2, -0.15) is 0 Å². The Kier molecular flexibility index (Phi) is 5.17. The maximum Gasteiger partial charge on any atom is 0.264 e. The largest absolute Gasteiger partial charge is 0.493 e. The fourth-order valence-electron chi connectivity index (χ4n) is 3.73. The van der Waals surface area contributed by atoms with E-state index in [0.717, 1.165) is 18.2 Å². The summed E-state index contributed by atoms with van der Waals surface area (Å²) in [6.07, 6.45) is 1.73. The van der Waals surface area contributed by atoms with Gasteiger partial charge in [0.2, 0.25) is 0 Å². The van der Waals surface area contributed by atoms with Gasteiger partial charge in [-0.3, -0.25) is 9.59 Å². The Hall–Kier alpha value is -2.50. The molecule has 0 spiro atoms. The van der Waals surface area contributed by atoms with Gasteiger partial charge in [0.15, 0.2) is 11.5 Å². The zero-order valence-electron chi connectivity index (χ0n) is 17.6. The zero-order valence-corrected chi connectivity index (χ0v) is 17.6. The lowest BCUT2D eigenvalue weighted by Gasteiger charge is -2.30. The van der Waals surface area contributed by atoms with E-state index >= 15 is 0 Å². The molecule has 6 nitrogen and oxygen atoms in total. The van der Waals surface area contributed by atoms with Crippen molar-refractivity contribution in [1.82, 2.24) is 9.88 Å². The quantitative estimate of drug-likeness (QED) is 0.869. The van der Waals surface area contributed by atoms with Crippen molar-refractivity contribution in [2.45, 2.75) is 59.5 Å². The van der Waals surface area contributed by atoms with Crippen LogP contribution in [0.4, 0.5) is 0 Å². The lowest BCUT2D eigenvalue weighted by atomic mass is 9.83. The maximum atomic E-state index is 13.4. The number of rotatable bonds is 4. The van der Waals surface area contributed by atoms with E-state index in [4.69, 9.17) is 9.47 Å². The summed E-state index contributed by atoms with van der Waals surface area (Å²) < 4.78 is 13.4. The molecule has 28 heavy (non-hydrogen) atoms. The molecule has 1 aliphatic rings. The van der Waals surface area contributed by atoms with Crippen LogP contribution in [0.1, 0.15) is 57.8 Å². The monoisotopic (exact) mass is 386 g/mol. The Morgan fingerprint density at radius 3 is 2.54 bits per heavy atom. The number of hydrogen-bond donors (Lipinski definition) is 1. The van der Waals surface area contributed by atoms with Crippen LogP contribution in [0, 0.1) is 5.41 Å². The Balaban J connectivity index is 2.30. The molecule has 3 rings (SSSR count). The van der Waals surface area contributed by atoms with Crippen molar-refractivity contribution in [1.29, 1.82) is 0 Å². The highest BCUT2D eigenvalue weighted by Crippen LogP contribution is 2.41. The molecule has 0 aliphatic carbocycles. The first kappa shape index (κ1) is 20.2. The van der Waals surface area contributed by atoms with Crippen LogP contribution in [0.15, 0.2) is 23.0 Å². The molecule has 1 aromatic heterocycles. The summed E-state index contributed by atoms with van der Waals surface area (Å²) >= 11 is 0. The van der Waals surface area contributed by atoms with Gasteiger partial charge >= 0.3 is 0 Å². The first-order chi connectivity index (χ1) is 13.1. The minimum absolute atomic E-state index is 0.154. The molecule has 1 aromatic carbocycles. The van der Waals surface area contributed by atoms with E-state index in [9.17, 15) is 9.59 Å². The molecule has 2 heterocycles. The van der Waals surface area contributed by atoms with E-state index in [-0.39, 0.29) is 22.4 Å². The van der Waals surface area contributed by atoms with Gasteiger partial charge in [0.1, 0.15) is 5.56 Å². The summed E-state index contributed by atoms with van der Waals surface area (Å²) in [5, 5.41) is 3.69. The van der Waals surface area contributed by atoms with Crippen LogP contribution in [0.25, 0.3) is 10.9 Å². The molecule has 1 amide bonds. The topological polar surface area (TPSA) is 69.6 Å². The second-order valence-corrected chi connectivity index (χ2v) is 8.68. The fourth-order valence-corrected chi connectivity index (χ4v) is 3.73. The molecule has 0 saturated carbocycles. The van der Waals surface area contributed by atoms with Gasteiger partial charge in [0.25, 0.3) is 11.5 Å². The molecular weight excluding hydrogens is 356 g/mol. The normalized spacial score (nSPS) is 15.6. The molecule has 1 N–H and O–H groups in total. The number of amides is 1. The van der Waals surface area contributed by atoms with E-state index < -0.39 is 5.54 Å². The SMILES string of the molecule is CCC1(CC)COc2c(OC)ccc3cc(C(=O)NC(C)(C)C)c(=O)n(c23)C1. The molecule has 2 aromatic rings. The van der Waals surface area contributed by atoms with Gasteiger partial charge in [-0.05, 0) is 51.8 Å². The number of carbonyl (C=O) groups is 1. The van der Waals surface area contributed by atoms with Gasteiger partial charge in [-0.15, -0.1) is 0 Å². The van der Waals surface area contributed by atoms with E-state index in [2.05, 4.69) is 19.2 Å². The predicted octanol–water partition coefficient (Wildman–Crippen LogP) is 3.74. The third-order valence-corrected chi connectivity index (χ3v) is 5.64. The lowest BCUT2D eigenvalue weighted by Crippen LogP contribution is -2.44. The van der Waals surface area contributed by atoms with Crippen LogP contribution in [0.5, 0.6) is 11.5 Å². The molecule has 0 saturated heterocycles. The Bertz CT molecular complexity index is 965. The van der Waals surface area contributed by atoms with Crippen LogP contribution in [-0.2, 0) is 6.54 Å². The maximum absolute atomic E-state index is 13.4. The van der Waals surface area contributed by atoms with Crippen LogP contribution < -0.4 is 20.3 Å². The smallest absolute Gasteiger partial charge is 0.264 e. The van der Waals surface area contributed by atoms with Crippen molar-refractivity contribution < 1.29 is 14.3 Å². The van der Waals surface area contributed by atoms with Gasteiger partial charge in [0.05, 0.1) is 19.2 Å². The second-order valence-electron chi connectivity index (χ2n) is 8.68. The zero-order chi connectivity index (χ0) is 20.7. The fraction of sp³-hybridized carbons (Fsp3) is 0.545. The highest BCUT2D eigenvalue weighted by atomic mass is 16.5. The summed E-state index contributed by atoms with van der Waals surface area (Å²) in [5.74, 6) is 0.809. The predicted molar refractivity (Wildman–Crippen MR) is 110 cm³/mol. The van der Waals surface area contributed by atoms with Gasteiger partial charge in [0, 0.05) is 22.9 Å². The first-order valence-corrected chi connectivity index (χ1v) is 9.84. The second kappa shape index (κ2) is 7.15. The Morgan fingerprint density at radius 1 is 1.29 bits per heavy atom. The molecule has 0 unspecified atom stereocenters. The highest BCUT2D eigenvalue weighted by Gasteiger charge is 2.34. The van der Waals surface area contributed by atoms with Crippen molar-refractivity contribution in [3.05, 3.63) is 34.1 Å². The average Bonchev–Trinajstić information content (AvgIpc) is 2.82. The van der Waals surface area contributed by atoms with Crippen LogP contribution in [0.2, 0.25) is 0 Å². The Labute approximate surface area is 165 Å². The average molecular weight is 386 g/mol. The number of nitrogens with zero attached hydrogens (tertiary/aromatic N) is 1. The molecule has 0 radical (unpaired) electrons. The van der Waals surface area contributed by atoms with Crippen molar-refractivity contribution in [2.75, 3.05) is 13.7 Å². The molecule has 0 fully saturated rings. The van der Waals surface area contributed by atoms with Gasteiger partial charge in [-0.1, -0.05) is 13.8 Å². The standard InChI is InChI=1S/C22H30N2O4/c1-7-22(8-2)12-24-17-14(9-10-16(27-6)18(17)28-13-22)11-15(20(24)26)19(25)23-21(3,4)5/h9-11H,7-8,12-13H2,1-6H3,(H,23,25). The number of hydrogen-bond acceptors (Lipinski definition) is 4. The van der Waals surface area contributed by atoms with E-state index in [0.29, 0.717) is 30.2 Å². The summed E-state index contributed by atoms with van der Waals surface area (Å²) in [6, 6.07) is 5.35. The summed E-state index contributed by atoms with van der Waals surface area (Å²) in [5.41, 5.74) is -0.0513. The number of pyridine rings is 1. The van der Waals surface area contributed by atoms with Crippen molar-refractivity contribution in [2.24, 2.45) is 5.41 Å².